The van der Waals surface area contributed by atoms with Crippen LogP contribution in [-0.2, 0) is 0 Å². The normalized spacial score (nSPS) is 13.2. The van der Waals surface area contributed by atoms with Gasteiger partial charge in [-0.1, -0.05) is 18.2 Å². The molecule has 0 spiro atoms. The third kappa shape index (κ3) is 5.68. The Bertz CT molecular complexity index is 368. The van der Waals surface area contributed by atoms with Crippen LogP contribution in [0.4, 0.5) is 4.39 Å². The highest BCUT2D eigenvalue weighted by molar-refractivity contribution is 5.20. The van der Waals surface area contributed by atoms with Crippen LogP contribution in [0.2, 0.25) is 0 Å². The summed E-state index contributed by atoms with van der Waals surface area (Å²) in [6, 6.07) is 7.09. The molecule has 1 aromatic carbocycles. The molecule has 0 saturated carbocycles. The average Bonchev–Trinajstić information content (AvgIpc) is 2.37. The maximum Gasteiger partial charge on any atom is 0.127 e. The van der Waals surface area contributed by atoms with Gasteiger partial charge in [0, 0.05) is 37.8 Å². The van der Waals surface area contributed by atoms with Crippen molar-refractivity contribution in [2.45, 2.75) is 13.0 Å². The van der Waals surface area contributed by atoms with Crippen LogP contribution in [-0.4, -0.2) is 57.1 Å². The number of hydrogen-bond donors (Lipinski definition) is 1. The van der Waals surface area contributed by atoms with Crippen molar-refractivity contribution < 1.29 is 4.39 Å². The second kappa shape index (κ2) is 8.25. The SMILES string of the molecule is CC(c1ccccc1F)N(C)CCNCCN(C)C. The monoisotopic (exact) mass is 267 g/mol. The lowest BCUT2D eigenvalue weighted by molar-refractivity contribution is 0.254. The quantitative estimate of drug-likeness (QED) is 0.727. The van der Waals surface area contributed by atoms with Crippen molar-refractivity contribution in [3.63, 3.8) is 0 Å². The first-order chi connectivity index (χ1) is 9.02. The van der Waals surface area contributed by atoms with Crippen LogP contribution >= 0.6 is 0 Å². The lowest BCUT2D eigenvalue weighted by Crippen LogP contribution is -2.34. The summed E-state index contributed by atoms with van der Waals surface area (Å²) in [7, 11) is 6.16. The molecule has 1 unspecified atom stereocenters. The van der Waals surface area contributed by atoms with Gasteiger partial charge >= 0.3 is 0 Å². The summed E-state index contributed by atoms with van der Waals surface area (Å²) in [5.74, 6) is -0.123. The molecule has 0 bridgehead atoms. The van der Waals surface area contributed by atoms with E-state index in [2.05, 4.69) is 29.2 Å². The fourth-order valence-electron chi connectivity index (χ4n) is 1.93. The molecule has 3 nitrogen and oxygen atoms in total. The Morgan fingerprint density at radius 3 is 2.37 bits per heavy atom. The topological polar surface area (TPSA) is 18.5 Å². The minimum atomic E-state index is -0.123. The van der Waals surface area contributed by atoms with Crippen LogP contribution in [0.1, 0.15) is 18.5 Å². The highest BCUT2D eigenvalue weighted by atomic mass is 19.1. The molecule has 0 aliphatic carbocycles. The molecule has 0 aromatic heterocycles. The minimum absolute atomic E-state index is 0.0943. The molecule has 0 fully saturated rings. The second-order valence-corrected chi connectivity index (χ2v) is 5.23. The summed E-state index contributed by atoms with van der Waals surface area (Å²) >= 11 is 0. The highest BCUT2D eigenvalue weighted by Gasteiger charge is 2.14. The smallest absolute Gasteiger partial charge is 0.127 e. The largest absolute Gasteiger partial charge is 0.314 e. The van der Waals surface area contributed by atoms with Crippen molar-refractivity contribution >= 4 is 0 Å². The van der Waals surface area contributed by atoms with Crippen molar-refractivity contribution in [1.29, 1.82) is 0 Å². The molecule has 1 atom stereocenters. The molecule has 108 valence electrons. The van der Waals surface area contributed by atoms with E-state index >= 15 is 0 Å². The van der Waals surface area contributed by atoms with Crippen LogP contribution in [0.5, 0.6) is 0 Å². The zero-order valence-corrected chi connectivity index (χ0v) is 12.5. The molecular weight excluding hydrogens is 241 g/mol. The Balaban J connectivity index is 2.33. The number of rotatable bonds is 8. The first-order valence-electron chi connectivity index (χ1n) is 6.82. The zero-order chi connectivity index (χ0) is 14.3. The summed E-state index contributed by atoms with van der Waals surface area (Å²) in [5.41, 5.74) is 0.762. The van der Waals surface area contributed by atoms with Gasteiger partial charge in [0.2, 0.25) is 0 Å². The fraction of sp³-hybridized carbons (Fsp3) is 0.600. The van der Waals surface area contributed by atoms with E-state index in [4.69, 9.17) is 0 Å². The fourth-order valence-corrected chi connectivity index (χ4v) is 1.93. The molecule has 1 rings (SSSR count). The maximum absolute atomic E-state index is 13.7. The van der Waals surface area contributed by atoms with Gasteiger partial charge < -0.3 is 10.2 Å². The van der Waals surface area contributed by atoms with E-state index in [9.17, 15) is 4.39 Å². The van der Waals surface area contributed by atoms with Crippen LogP contribution < -0.4 is 5.32 Å². The molecular formula is C15H26FN3. The van der Waals surface area contributed by atoms with Gasteiger partial charge in [0.05, 0.1) is 0 Å². The van der Waals surface area contributed by atoms with Gasteiger partial charge in [-0.25, -0.2) is 4.39 Å². The molecule has 0 radical (unpaired) electrons. The zero-order valence-electron chi connectivity index (χ0n) is 12.5. The molecule has 0 amide bonds. The summed E-state index contributed by atoms with van der Waals surface area (Å²) < 4.78 is 13.7. The van der Waals surface area contributed by atoms with Gasteiger partial charge in [-0.3, -0.25) is 4.90 Å². The summed E-state index contributed by atoms with van der Waals surface area (Å²) in [6.07, 6.45) is 0. The van der Waals surface area contributed by atoms with Gasteiger partial charge in [-0.2, -0.15) is 0 Å². The Hall–Kier alpha value is -0.970. The van der Waals surface area contributed by atoms with Gasteiger partial charge in [-0.05, 0) is 34.1 Å². The van der Waals surface area contributed by atoms with Crippen molar-refractivity contribution in [3.05, 3.63) is 35.6 Å². The van der Waals surface area contributed by atoms with E-state index in [1.165, 1.54) is 6.07 Å². The summed E-state index contributed by atoms with van der Waals surface area (Å²) in [5, 5.41) is 3.39. The molecule has 0 heterocycles. The molecule has 0 aliphatic heterocycles. The first kappa shape index (κ1) is 16.1. The summed E-state index contributed by atoms with van der Waals surface area (Å²) in [4.78, 5) is 4.32. The van der Waals surface area contributed by atoms with Gasteiger partial charge in [-0.15, -0.1) is 0 Å². The van der Waals surface area contributed by atoms with Gasteiger partial charge in [0.25, 0.3) is 0 Å². The second-order valence-electron chi connectivity index (χ2n) is 5.23. The number of nitrogens with one attached hydrogen (secondary N) is 1. The highest BCUT2D eigenvalue weighted by Crippen LogP contribution is 2.20. The van der Waals surface area contributed by atoms with Crippen molar-refractivity contribution in [2.75, 3.05) is 47.3 Å². The van der Waals surface area contributed by atoms with E-state index < -0.39 is 0 Å². The number of halogens is 1. The maximum atomic E-state index is 13.7. The standard InChI is InChI=1S/C15H26FN3/c1-13(14-7-5-6-8-15(14)16)19(4)12-10-17-9-11-18(2)3/h5-8,13,17H,9-12H2,1-4H3. The number of likely N-dealkylation sites (N-methyl/N-ethyl adjacent to an activating group) is 2. The third-order valence-electron chi connectivity index (χ3n) is 3.39. The number of benzene rings is 1. The number of nitrogens with zero attached hydrogens (tertiary/aromatic N) is 2. The van der Waals surface area contributed by atoms with Crippen molar-refractivity contribution in [3.8, 4) is 0 Å². The average molecular weight is 267 g/mol. The van der Waals surface area contributed by atoms with Crippen molar-refractivity contribution in [2.24, 2.45) is 0 Å². The van der Waals surface area contributed by atoms with E-state index in [-0.39, 0.29) is 11.9 Å². The molecule has 1 aromatic rings. The lowest BCUT2D eigenvalue weighted by Gasteiger charge is -2.25. The predicted octanol–water partition coefficient (Wildman–Crippen LogP) is 1.97. The molecule has 4 heteroatoms. The van der Waals surface area contributed by atoms with E-state index in [0.717, 1.165) is 31.7 Å². The predicted molar refractivity (Wildman–Crippen MR) is 78.9 cm³/mol. The van der Waals surface area contributed by atoms with Crippen LogP contribution in [0.25, 0.3) is 0 Å². The van der Waals surface area contributed by atoms with Gasteiger partial charge in [0.15, 0.2) is 0 Å². The first-order valence-corrected chi connectivity index (χ1v) is 6.82. The molecule has 0 aliphatic rings. The van der Waals surface area contributed by atoms with Crippen LogP contribution in [0.3, 0.4) is 0 Å². The van der Waals surface area contributed by atoms with Crippen LogP contribution in [0.15, 0.2) is 24.3 Å². The van der Waals surface area contributed by atoms with Crippen LogP contribution in [0, 0.1) is 5.82 Å². The van der Waals surface area contributed by atoms with Gasteiger partial charge in [0.1, 0.15) is 5.82 Å². The van der Waals surface area contributed by atoms with E-state index in [0.29, 0.717) is 0 Å². The molecule has 0 saturated heterocycles. The number of hydrogen-bond acceptors (Lipinski definition) is 3. The lowest BCUT2D eigenvalue weighted by atomic mass is 10.1. The molecule has 1 N–H and O–H groups in total. The Morgan fingerprint density at radius 2 is 1.74 bits per heavy atom. The summed E-state index contributed by atoms with van der Waals surface area (Å²) in [6.45, 7) is 5.88. The Kier molecular flexibility index (Phi) is 6.99. The van der Waals surface area contributed by atoms with Crippen molar-refractivity contribution in [1.82, 2.24) is 15.1 Å². The third-order valence-corrected chi connectivity index (χ3v) is 3.39. The molecule has 19 heavy (non-hydrogen) atoms. The van der Waals surface area contributed by atoms with E-state index in [1.54, 1.807) is 6.07 Å². The Morgan fingerprint density at radius 1 is 1.11 bits per heavy atom. The van der Waals surface area contributed by atoms with E-state index in [1.807, 2.05) is 26.1 Å². The Labute approximate surface area is 116 Å². The minimum Gasteiger partial charge on any atom is -0.314 e.